The van der Waals surface area contributed by atoms with Crippen LogP contribution < -0.4 is 5.32 Å². The van der Waals surface area contributed by atoms with E-state index in [4.69, 9.17) is 4.74 Å². The van der Waals surface area contributed by atoms with Crippen LogP contribution >= 0.6 is 0 Å². The molecule has 0 aliphatic heterocycles. The molecule has 0 saturated heterocycles. The Balaban J connectivity index is 3.42. The number of aliphatic hydroxyl groups is 2. The minimum absolute atomic E-state index is 0.00473. The zero-order valence-corrected chi connectivity index (χ0v) is 49.8. The van der Waals surface area contributed by atoms with Gasteiger partial charge in [-0.15, -0.1) is 0 Å². The van der Waals surface area contributed by atoms with Gasteiger partial charge < -0.3 is 20.3 Å². The molecule has 0 rings (SSSR count). The number of rotatable bonds is 62. The highest BCUT2D eigenvalue weighted by Crippen LogP contribution is 2.18. The van der Waals surface area contributed by atoms with Gasteiger partial charge in [-0.25, -0.2) is 0 Å². The molecule has 0 saturated carbocycles. The lowest BCUT2D eigenvalue weighted by Gasteiger charge is -2.20. The van der Waals surface area contributed by atoms with Crippen molar-refractivity contribution < 1.29 is 24.5 Å². The monoisotopic (exact) mass is 1040 g/mol. The van der Waals surface area contributed by atoms with Gasteiger partial charge in [0.15, 0.2) is 0 Å². The molecule has 74 heavy (non-hydrogen) atoms. The molecule has 0 bridgehead atoms. The molecular formula is C68H129NO5. The summed E-state index contributed by atoms with van der Waals surface area (Å²) < 4.78 is 5.47. The largest absolute Gasteiger partial charge is 0.466 e. The second kappa shape index (κ2) is 63.6. The number of amides is 1. The van der Waals surface area contributed by atoms with Gasteiger partial charge in [0.1, 0.15) is 0 Å². The Labute approximate surface area is 462 Å². The number of aliphatic hydroxyl groups excluding tert-OH is 2. The average molecular weight is 1040 g/mol. The third-order valence-corrected chi connectivity index (χ3v) is 15.4. The average Bonchev–Trinajstić information content (AvgIpc) is 3.40. The van der Waals surface area contributed by atoms with Crippen molar-refractivity contribution in [2.75, 3.05) is 13.2 Å². The highest BCUT2D eigenvalue weighted by Gasteiger charge is 2.18. The molecule has 0 aliphatic rings. The van der Waals surface area contributed by atoms with Crippen molar-refractivity contribution in [3.8, 4) is 0 Å². The van der Waals surface area contributed by atoms with E-state index in [1.54, 1.807) is 6.08 Å². The quantitative estimate of drug-likeness (QED) is 0.0320. The van der Waals surface area contributed by atoms with Crippen LogP contribution in [0.1, 0.15) is 361 Å². The molecule has 1 amide bonds. The molecule has 436 valence electrons. The Bertz CT molecular complexity index is 1200. The Morgan fingerprint density at radius 3 is 0.986 bits per heavy atom. The predicted molar refractivity (Wildman–Crippen MR) is 324 cm³/mol. The first-order valence-electron chi connectivity index (χ1n) is 33.3. The Morgan fingerprint density at radius 1 is 0.365 bits per heavy atom. The van der Waals surface area contributed by atoms with Gasteiger partial charge in [-0.3, -0.25) is 9.59 Å². The highest BCUT2D eigenvalue weighted by atomic mass is 16.5. The molecule has 0 radical (unpaired) electrons. The Hall–Kier alpha value is -1.92. The summed E-state index contributed by atoms with van der Waals surface area (Å²) in [5.74, 6) is -0.0616. The van der Waals surface area contributed by atoms with E-state index in [0.29, 0.717) is 19.4 Å². The van der Waals surface area contributed by atoms with Gasteiger partial charge in [0.2, 0.25) is 5.91 Å². The zero-order chi connectivity index (χ0) is 53.6. The minimum Gasteiger partial charge on any atom is -0.466 e. The molecule has 6 heteroatoms. The molecule has 0 fully saturated rings. The summed E-state index contributed by atoms with van der Waals surface area (Å²) in [5, 5.41) is 23.2. The summed E-state index contributed by atoms with van der Waals surface area (Å²) in [5.41, 5.74) is 0. The fourth-order valence-corrected chi connectivity index (χ4v) is 10.3. The van der Waals surface area contributed by atoms with Gasteiger partial charge in [-0.2, -0.15) is 0 Å². The van der Waals surface area contributed by atoms with E-state index in [2.05, 4.69) is 43.5 Å². The molecular weight excluding hydrogens is 911 g/mol. The normalized spacial score (nSPS) is 12.8. The van der Waals surface area contributed by atoms with E-state index < -0.39 is 12.1 Å². The van der Waals surface area contributed by atoms with Crippen LogP contribution in [0.2, 0.25) is 0 Å². The molecule has 2 unspecified atom stereocenters. The summed E-state index contributed by atoms with van der Waals surface area (Å²) in [6.45, 7) is 4.90. The van der Waals surface area contributed by atoms with E-state index in [-0.39, 0.29) is 18.5 Å². The van der Waals surface area contributed by atoms with E-state index in [1.165, 1.54) is 289 Å². The standard InChI is InChI=1S/C68H129NO5/c1-3-5-7-9-11-13-15-17-18-19-31-34-37-40-44-48-52-56-60-66(71)65(64-70)69-67(72)61-57-53-49-45-41-38-35-32-29-27-25-23-21-20-22-24-26-28-30-33-36-39-43-47-51-55-59-63-74-68(73)62-58-54-50-46-42-16-14-12-10-8-6-4-2/h12,14,20-21,56,60,65-66,70-71H,3-11,13,15-19,22-55,57-59,61-64H2,1-2H3,(H,69,72)/b14-12-,21-20-,60-56+. The maximum absolute atomic E-state index is 12.5. The predicted octanol–water partition coefficient (Wildman–Crippen LogP) is 21.1. The van der Waals surface area contributed by atoms with E-state index >= 15 is 0 Å². The Morgan fingerprint density at radius 2 is 0.635 bits per heavy atom. The second-order valence-corrected chi connectivity index (χ2v) is 22.8. The topological polar surface area (TPSA) is 95.9 Å². The number of carbonyl (C=O) groups is 2. The molecule has 6 nitrogen and oxygen atoms in total. The summed E-state index contributed by atoms with van der Waals surface area (Å²) >= 11 is 0. The smallest absolute Gasteiger partial charge is 0.305 e. The van der Waals surface area contributed by atoms with Crippen molar-refractivity contribution >= 4 is 11.9 Å². The lowest BCUT2D eigenvalue weighted by Crippen LogP contribution is -2.45. The number of carbonyl (C=O) groups excluding carboxylic acids is 2. The number of nitrogens with one attached hydrogen (secondary N) is 1. The van der Waals surface area contributed by atoms with Gasteiger partial charge in [0, 0.05) is 12.8 Å². The maximum Gasteiger partial charge on any atom is 0.305 e. The summed E-state index contributed by atoms with van der Waals surface area (Å²) in [4.78, 5) is 24.5. The SMILES string of the molecule is CCCCC/C=C\CCCCCCCC(=O)OCCCCCCCCCCCCCC/C=C\CCCCCCCCCCCCCC(=O)NC(CO)C(O)/C=C/CCCCCCCCCCCCCCCCCC. The van der Waals surface area contributed by atoms with E-state index in [1.807, 2.05) is 6.08 Å². The molecule has 0 spiro atoms. The third kappa shape index (κ3) is 59.3. The van der Waals surface area contributed by atoms with Crippen molar-refractivity contribution in [2.45, 2.75) is 373 Å². The number of hydrogen-bond donors (Lipinski definition) is 3. The lowest BCUT2D eigenvalue weighted by atomic mass is 10.0. The number of esters is 1. The van der Waals surface area contributed by atoms with E-state index in [0.717, 1.165) is 44.9 Å². The van der Waals surface area contributed by atoms with Crippen LogP contribution in [-0.2, 0) is 14.3 Å². The first kappa shape index (κ1) is 72.1. The van der Waals surface area contributed by atoms with Crippen LogP contribution in [0.15, 0.2) is 36.5 Å². The third-order valence-electron chi connectivity index (χ3n) is 15.4. The second-order valence-electron chi connectivity index (χ2n) is 22.8. The number of ether oxygens (including phenoxy) is 1. The molecule has 0 aromatic carbocycles. The van der Waals surface area contributed by atoms with Crippen molar-refractivity contribution in [1.29, 1.82) is 0 Å². The molecule has 0 aromatic rings. The van der Waals surface area contributed by atoms with Crippen molar-refractivity contribution in [2.24, 2.45) is 0 Å². The summed E-state index contributed by atoms with van der Waals surface area (Å²) in [6.07, 6.45) is 80.6. The molecule has 0 aliphatic carbocycles. The van der Waals surface area contributed by atoms with Crippen LogP contribution in [0.25, 0.3) is 0 Å². The van der Waals surface area contributed by atoms with Gasteiger partial charge in [-0.1, -0.05) is 301 Å². The molecule has 0 heterocycles. The number of hydrogen-bond acceptors (Lipinski definition) is 5. The van der Waals surface area contributed by atoms with E-state index in [9.17, 15) is 19.8 Å². The number of allylic oxidation sites excluding steroid dienone is 5. The first-order valence-corrected chi connectivity index (χ1v) is 33.3. The van der Waals surface area contributed by atoms with Gasteiger partial charge >= 0.3 is 5.97 Å². The minimum atomic E-state index is -0.845. The van der Waals surface area contributed by atoms with Gasteiger partial charge in [0.05, 0.1) is 25.4 Å². The molecule has 0 aromatic heterocycles. The zero-order valence-electron chi connectivity index (χ0n) is 49.8. The fraction of sp³-hybridized carbons (Fsp3) is 0.882. The summed E-state index contributed by atoms with van der Waals surface area (Å²) in [6, 6.07) is -0.629. The summed E-state index contributed by atoms with van der Waals surface area (Å²) in [7, 11) is 0. The van der Waals surface area contributed by atoms with Gasteiger partial charge in [-0.05, 0) is 83.5 Å². The molecule has 2 atom stereocenters. The lowest BCUT2D eigenvalue weighted by molar-refractivity contribution is -0.143. The van der Waals surface area contributed by atoms with Crippen LogP contribution in [-0.4, -0.2) is 47.4 Å². The highest BCUT2D eigenvalue weighted by molar-refractivity contribution is 5.76. The Kier molecular flexibility index (Phi) is 62.0. The van der Waals surface area contributed by atoms with Crippen LogP contribution in [0.4, 0.5) is 0 Å². The first-order chi connectivity index (χ1) is 36.5. The maximum atomic E-state index is 12.5. The van der Waals surface area contributed by atoms with Crippen molar-refractivity contribution in [3.63, 3.8) is 0 Å². The van der Waals surface area contributed by atoms with Crippen LogP contribution in [0.3, 0.4) is 0 Å². The molecule has 3 N–H and O–H groups in total. The van der Waals surface area contributed by atoms with Gasteiger partial charge in [0.25, 0.3) is 0 Å². The fourth-order valence-electron chi connectivity index (χ4n) is 10.3. The van der Waals surface area contributed by atoms with Crippen molar-refractivity contribution in [1.82, 2.24) is 5.32 Å². The number of unbranched alkanes of at least 4 members (excludes halogenated alkanes) is 47. The van der Waals surface area contributed by atoms with Crippen molar-refractivity contribution in [3.05, 3.63) is 36.5 Å². The van der Waals surface area contributed by atoms with Crippen LogP contribution in [0, 0.1) is 0 Å². The van der Waals surface area contributed by atoms with Crippen LogP contribution in [0.5, 0.6) is 0 Å².